The number of rotatable bonds is 6. The largest absolute Gasteiger partial charge is 0.496 e. The molecule has 2 N–H and O–H groups in total. The average molecular weight is 344 g/mol. The van der Waals surface area contributed by atoms with Crippen molar-refractivity contribution in [2.75, 3.05) is 13.7 Å². The second-order valence-electron chi connectivity index (χ2n) is 4.75. The Morgan fingerprint density at radius 2 is 2.05 bits per heavy atom. The van der Waals surface area contributed by atoms with E-state index in [1.54, 1.807) is 25.3 Å². The molecule has 0 aromatic heterocycles. The molecule has 0 radical (unpaired) electrons. The van der Waals surface area contributed by atoms with E-state index in [0.717, 1.165) is 0 Å². The van der Waals surface area contributed by atoms with Gasteiger partial charge in [-0.15, -0.1) is 0 Å². The highest BCUT2D eigenvalue weighted by Crippen LogP contribution is 2.25. The van der Waals surface area contributed by atoms with Gasteiger partial charge in [-0.05, 0) is 40.0 Å². The summed E-state index contributed by atoms with van der Waals surface area (Å²) < 4.78 is 5.76. The van der Waals surface area contributed by atoms with Gasteiger partial charge in [0.2, 0.25) is 0 Å². The lowest BCUT2D eigenvalue weighted by Crippen LogP contribution is -2.35. The smallest absolute Gasteiger partial charge is 0.308 e. The third-order valence-corrected chi connectivity index (χ3v) is 3.64. The van der Waals surface area contributed by atoms with Crippen molar-refractivity contribution >= 4 is 27.8 Å². The molecule has 1 rings (SSSR count). The van der Waals surface area contributed by atoms with Crippen LogP contribution in [0.15, 0.2) is 22.7 Å². The van der Waals surface area contributed by atoms with Gasteiger partial charge in [0.25, 0.3) is 5.91 Å². The van der Waals surface area contributed by atoms with E-state index < -0.39 is 11.9 Å². The van der Waals surface area contributed by atoms with Crippen molar-refractivity contribution in [1.29, 1.82) is 0 Å². The Balaban J connectivity index is 2.72. The molecule has 0 aliphatic carbocycles. The van der Waals surface area contributed by atoms with Crippen molar-refractivity contribution < 1.29 is 19.4 Å². The van der Waals surface area contributed by atoms with Crippen LogP contribution >= 0.6 is 15.9 Å². The van der Waals surface area contributed by atoms with Crippen LogP contribution in [0.4, 0.5) is 0 Å². The summed E-state index contributed by atoms with van der Waals surface area (Å²) in [7, 11) is 1.54. The molecule has 1 aromatic carbocycles. The molecule has 0 bridgehead atoms. The highest BCUT2D eigenvalue weighted by atomic mass is 79.9. The fraction of sp³-hybridized carbons (Fsp3) is 0.429. The van der Waals surface area contributed by atoms with Gasteiger partial charge >= 0.3 is 5.97 Å². The molecule has 0 spiro atoms. The summed E-state index contributed by atoms with van der Waals surface area (Å²) in [5.41, 5.74) is 0.450. The monoisotopic (exact) mass is 343 g/mol. The molecular weight excluding hydrogens is 326 g/mol. The maximum Gasteiger partial charge on any atom is 0.308 e. The number of benzene rings is 1. The van der Waals surface area contributed by atoms with Gasteiger partial charge in [-0.25, -0.2) is 0 Å². The van der Waals surface area contributed by atoms with Crippen LogP contribution in [0.1, 0.15) is 24.2 Å². The van der Waals surface area contributed by atoms with Gasteiger partial charge in [-0.2, -0.15) is 0 Å². The Kier molecular flexibility index (Phi) is 6.01. The number of carbonyl (C=O) groups excluding carboxylic acids is 1. The number of methoxy groups -OCH3 is 1. The number of aliphatic carboxylic acids is 1. The number of carboxylic acid groups (broad SMARTS) is 1. The number of hydrogen-bond donors (Lipinski definition) is 2. The van der Waals surface area contributed by atoms with Crippen molar-refractivity contribution in [3.8, 4) is 5.75 Å². The normalized spacial score (nSPS) is 12.1. The highest BCUT2D eigenvalue weighted by molar-refractivity contribution is 9.10. The van der Waals surface area contributed by atoms with Crippen molar-refractivity contribution in [3.05, 3.63) is 28.2 Å². The van der Waals surface area contributed by atoms with Gasteiger partial charge in [0.05, 0.1) is 17.5 Å². The van der Waals surface area contributed by atoms with Crippen molar-refractivity contribution in [2.24, 2.45) is 11.8 Å². The number of ether oxygens (including phenoxy) is 1. The Morgan fingerprint density at radius 3 is 2.50 bits per heavy atom. The number of hydrogen-bond acceptors (Lipinski definition) is 3. The number of amides is 1. The van der Waals surface area contributed by atoms with Gasteiger partial charge in [-0.3, -0.25) is 9.59 Å². The quantitative estimate of drug-likeness (QED) is 0.832. The molecule has 1 aromatic rings. The zero-order valence-corrected chi connectivity index (χ0v) is 13.2. The van der Waals surface area contributed by atoms with E-state index in [9.17, 15) is 9.59 Å². The van der Waals surface area contributed by atoms with Crippen LogP contribution in [0, 0.1) is 11.8 Å². The first-order valence-corrected chi connectivity index (χ1v) is 7.00. The number of carboxylic acids is 1. The predicted molar refractivity (Wildman–Crippen MR) is 79.0 cm³/mol. The van der Waals surface area contributed by atoms with Crippen LogP contribution in [-0.4, -0.2) is 30.6 Å². The minimum Gasteiger partial charge on any atom is -0.496 e. The van der Waals surface area contributed by atoms with E-state index in [2.05, 4.69) is 21.2 Å². The van der Waals surface area contributed by atoms with E-state index in [1.165, 1.54) is 0 Å². The maximum atomic E-state index is 12.0. The number of halogens is 1. The molecule has 0 aliphatic heterocycles. The summed E-state index contributed by atoms with van der Waals surface area (Å²) in [6.45, 7) is 3.74. The Hall–Kier alpha value is -1.56. The molecule has 110 valence electrons. The van der Waals surface area contributed by atoms with Crippen LogP contribution < -0.4 is 10.1 Å². The number of nitrogens with one attached hydrogen (secondary N) is 1. The summed E-state index contributed by atoms with van der Waals surface area (Å²) in [5, 5.41) is 11.7. The van der Waals surface area contributed by atoms with Crippen LogP contribution in [0.25, 0.3) is 0 Å². The summed E-state index contributed by atoms with van der Waals surface area (Å²) in [6, 6.07) is 4.94. The first kappa shape index (κ1) is 16.5. The van der Waals surface area contributed by atoms with Crippen molar-refractivity contribution in [1.82, 2.24) is 5.32 Å². The molecule has 0 aliphatic rings. The molecule has 5 nitrogen and oxygen atoms in total. The van der Waals surface area contributed by atoms with E-state index in [-0.39, 0.29) is 18.4 Å². The lowest BCUT2D eigenvalue weighted by atomic mass is 9.96. The molecule has 0 fully saturated rings. The molecule has 1 amide bonds. The summed E-state index contributed by atoms with van der Waals surface area (Å²) in [5.74, 6) is -1.22. The molecule has 0 heterocycles. The lowest BCUT2D eigenvalue weighted by molar-refractivity contribution is -0.142. The second kappa shape index (κ2) is 7.28. The Labute approximate surface area is 126 Å². The average Bonchev–Trinajstić information content (AvgIpc) is 2.37. The molecule has 20 heavy (non-hydrogen) atoms. The van der Waals surface area contributed by atoms with Gasteiger partial charge < -0.3 is 15.2 Å². The fourth-order valence-electron chi connectivity index (χ4n) is 1.72. The van der Waals surface area contributed by atoms with E-state index in [0.29, 0.717) is 15.8 Å². The standard InChI is InChI=1S/C14H18BrNO4/c1-8(2)10(14(18)19)7-16-13(17)9-4-5-12(20-3)11(15)6-9/h4-6,8,10H,7H2,1-3H3,(H,16,17)(H,18,19). The first-order chi connectivity index (χ1) is 9.36. The molecule has 1 atom stereocenters. The topological polar surface area (TPSA) is 75.6 Å². The third-order valence-electron chi connectivity index (χ3n) is 3.02. The van der Waals surface area contributed by atoms with Gasteiger partial charge in [0.1, 0.15) is 5.75 Å². The highest BCUT2D eigenvalue weighted by Gasteiger charge is 2.22. The summed E-state index contributed by atoms with van der Waals surface area (Å²) in [6.07, 6.45) is 0. The lowest BCUT2D eigenvalue weighted by Gasteiger charge is -2.16. The number of carbonyl (C=O) groups is 2. The van der Waals surface area contributed by atoms with E-state index in [4.69, 9.17) is 9.84 Å². The third kappa shape index (κ3) is 4.23. The minimum atomic E-state index is -0.906. The summed E-state index contributed by atoms with van der Waals surface area (Å²) >= 11 is 3.30. The van der Waals surface area contributed by atoms with Crippen LogP contribution in [-0.2, 0) is 4.79 Å². The van der Waals surface area contributed by atoms with Crippen molar-refractivity contribution in [2.45, 2.75) is 13.8 Å². The van der Waals surface area contributed by atoms with Crippen LogP contribution in [0.3, 0.4) is 0 Å². The maximum absolute atomic E-state index is 12.0. The predicted octanol–water partition coefficient (Wildman–Crippen LogP) is 2.54. The van der Waals surface area contributed by atoms with Crippen LogP contribution in [0.5, 0.6) is 5.75 Å². The molecular formula is C14H18BrNO4. The second-order valence-corrected chi connectivity index (χ2v) is 5.60. The summed E-state index contributed by atoms with van der Waals surface area (Å²) in [4.78, 5) is 23.0. The molecule has 0 saturated carbocycles. The Bertz CT molecular complexity index is 502. The molecule has 1 unspecified atom stereocenters. The SMILES string of the molecule is COc1ccc(C(=O)NCC(C(=O)O)C(C)C)cc1Br. The molecule has 0 saturated heterocycles. The van der Waals surface area contributed by atoms with Crippen molar-refractivity contribution in [3.63, 3.8) is 0 Å². The van der Waals surface area contributed by atoms with E-state index in [1.807, 2.05) is 13.8 Å². The van der Waals surface area contributed by atoms with Gasteiger partial charge in [0, 0.05) is 12.1 Å². The molecule has 6 heteroatoms. The van der Waals surface area contributed by atoms with Gasteiger partial charge in [0.15, 0.2) is 0 Å². The zero-order valence-electron chi connectivity index (χ0n) is 11.6. The van der Waals surface area contributed by atoms with Gasteiger partial charge in [-0.1, -0.05) is 13.8 Å². The zero-order chi connectivity index (χ0) is 15.3. The van der Waals surface area contributed by atoms with Crippen LogP contribution in [0.2, 0.25) is 0 Å². The first-order valence-electron chi connectivity index (χ1n) is 6.21. The van der Waals surface area contributed by atoms with E-state index >= 15 is 0 Å². The minimum absolute atomic E-state index is 0.0459. The fourth-order valence-corrected chi connectivity index (χ4v) is 2.26. The Morgan fingerprint density at radius 1 is 1.40 bits per heavy atom.